The molecule has 0 saturated heterocycles. The van der Waals surface area contributed by atoms with Gasteiger partial charge in [0.25, 0.3) is 0 Å². The largest absolute Gasteiger partial charge is 0.350 e. The normalized spacial score (nSPS) is 10.2. The van der Waals surface area contributed by atoms with Crippen molar-refractivity contribution < 1.29 is 0 Å². The minimum Gasteiger partial charge on any atom is -0.330 e. The van der Waals surface area contributed by atoms with E-state index in [0.29, 0.717) is 18.7 Å². The van der Waals surface area contributed by atoms with E-state index in [1.807, 2.05) is 12.1 Å². The number of hydrogen-bond donors (Lipinski definition) is 1. The third-order valence-corrected chi connectivity index (χ3v) is 2.06. The second kappa shape index (κ2) is 4.95. The van der Waals surface area contributed by atoms with Crippen LogP contribution < -0.4 is 11.4 Å². The molecule has 5 nitrogen and oxygen atoms in total. The lowest BCUT2D eigenvalue weighted by Gasteiger charge is -1.94. The van der Waals surface area contributed by atoms with Gasteiger partial charge >= 0.3 is 5.69 Å². The highest BCUT2D eigenvalue weighted by atomic mass is 35.5. The highest BCUT2D eigenvalue weighted by Gasteiger charge is 2.03. The highest BCUT2D eigenvalue weighted by molar-refractivity contribution is 5.85. The SMILES string of the molecule is Cl.NCCCn1nc2ccccn2c1=O. The van der Waals surface area contributed by atoms with Gasteiger partial charge in [0.05, 0.1) is 0 Å². The molecule has 6 heteroatoms. The minimum atomic E-state index is -0.103. The Bertz CT molecular complexity index is 490. The van der Waals surface area contributed by atoms with Crippen molar-refractivity contribution in [2.24, 2.45) is 5.73 Å². The summed E-state index contributed by atoms with van der Waals surface area (Å²) in [6.45, 7) is 1.15. The van der Waals surface area contributed by atoms with Crippen molar-refractivity contribution in [1.29, 1.82) is 0 Å². The van der Waals surface area contributed by atoms with Gasteiger partial charge < -0.3 is 5.73 Å². The number of aromatic nitrogens is 3. The lowest BCUT2D eigenvalue weighted by atomic mass is 10.4. The van der Waals surface area contributed by atoms with E-state index in [2.05, 4.69) is 5.10 Å². The van der Waals surface area contributed by atoms with Crippen LogP contribution in [0.3, 0.4) is 0 Å². The first-order valence-electron chi connectivity index (χ1n) is 4.57. The van der Waals surface area contributed by atoms with Gasteiger partial charge in [-0.3, -0.25) is 4.40 Å². The quantitative estimate of drug-likeness (QED) is 0.820. The van der Waals surface area contributed by atoms with Gasteiger partial charge in [-0.2, -0.15) is 0 Å². The van der Waals surface area contributed by atoms with Crippen molar-refractivity contribution in [3.05, 3.63) is 34.9 Å². The highest BCUT2D eigenvalue weighted by Crippen LogP contribution is 1.95. The summed E-state index contributed by atoms with van der Waals surface area (Å²) in [5.74, 6) is 0. The van der Waals surface area contributed by atoms with Gasteiger partial charge in [-0.05, 0) is 25.1 Å². The van der Waals surface area contributed by atoms with E-state index < -0.39 is 0 Å². The first-order chi connectivity index (χ1) is 6.83. The van der Waals surface area contributed by atoms with Crippen LogP contribution in [0.2, 0.25) is 0 Å². The molecule has 0 saturated carbocycles. The molecule has 0 aromatic carbocycles. The average Bonchev–Trinajstić information content (AvgIpc) is 2.54. The predicted octanol–water partition coefficient (Wildman–Crippen LogP) is 0.267. The summed E-state index contributed by atoms with van der Waals surface area (Å²) in [6, 6.07) is 5.47. The Kier molecular flexibility index (Phi) is 3.88. The van der Waals surface area contributed by atoms with Crippen LogP contribution in [0, 0.1) is 0 Å². The summed E-state index contributed by atoms with van der Waals surface area (Å²) in [4.78, 5) is 11.7. The van der Waals surface area contributed by atoms with E-state index in [9.17, 15) is 4.79 Å². The number of hydrogen-bond acceptors (Lipinski definition) is 3. The van der Waals surface area contributed by atoms with Crippen molar-refractivity contribution in [3.8, 4) is 0 Å². The lowest BCUT2D eigenvalue weighted by Crippen LogP contribution is -2.22. The van der Waals surface area contributed by atoms with Crippen molar-refractivity contribution in [2.75, 3.05) is 6.54 Å². The molecule has 0 amide bonds. The summed E-state index contributed by atoms with van der Waals surface area (Å²) < 4.78 is 2.97. The first-order valence-corrected chi connectivity index (χ1v) is 4.57. The molecule has 2 aromatic rings. The van der Waals surface area contributed by atoms with E-state index >= 15 is 0 Å². The topological polar surface area (TPSA) is 65.3 Å². The molecule has 2 heterocycles. The van der Waals surface area contributed by atoms with Crippen LogP contribution in [0.1, 0.15) is 6.42 Å². The molecular formula is C9H13ClN4O. The van der Waals surface area contributed by atoms with E-state index in [0.717, 1.165) is 6.42 Å². The second-order valence-corrected chi connectivity index (χ2v) is 3.08. The minimum absolute atomic E-state index is 0. The molecule has 15 heavy (non-hydrogen) atoms. The molecule has 0 atom stereocenters. The smallest absolute Gasteiger partial charge is 0.330 e. The van der Waals surface area contributed by atoms with Gasteiger partial charge in [0.2, 0.25) is 0 Å². The Labute approximate surface area is 92.9 Å². The maximum Gasteiger partial charge on any atom is 0.350 e. The summed E-state index contributed by atoms with van der Waals surface area (Å²) in [7, 11) is 0. The van der Waals surface area contributed by atoms with Crippen LogP contribution in [0.15, 0.2) is 29.2 Å². The molecule has 0 aliphatic rings. The Morgan fingerprint density at radius 3 is 2.87 bits per heavy atom. The maximum atomic E-state index is 11.7. The standard InChI is InChI=1S/C9H12N4O.ClH/c10-5-3-7-13-9(14)12-6-2-1-4-8(12)11-13;/h1-2,4,6H,3,5,7,10H2;1H. The van der Waals surface area contributed by atoms with Crippen LogP contribution in [-0.4, -0.2) is 20.7 Å². The van der Waals surface area contributed by atoms with Crippen LogP contribution in [0.25, 0.3) is 5.65 Å². The fourth-order valence-corrected chi connectivity index (χ4v) is 1.35. The van der Waals surface area contributed by atoms with E-state index in [-0.39, 0.29) is 18.1 Å². The molecule has 0 aliphatic carbocycles. The van der Waals surface area contributed by atoms with Crippen molar-refractivity contribution in [3.63, 3.8) is 0 Å². The monoisotopic (exact) mass is 228 g/mol. The van der Waals surface area contributed by atoms with Gasteiger partial charge in [0.15, 0.2) is 5.65 Å². The van der Waals surface area contributed by atoms with Crippen molar-refractivity contribution >= 4 is 18.1 Å². The number of pyridine rings is 1. The van der Waals surface area contributed by atoms with Crippen LogP contribution >= 0.6 is 12.4 Å². The molecule has 0 unspecified atom stereocenters. The maximum absolute atomic E-state index is 11.7. The fourth-order valence-electron chi connectivity index (χ4n) is 1.35. The second-order valence-electron chi connectivity index (χ2n) is 3.08. The predicted molar refractivity (Wildman–Crippen MR) is 60.4 cm³/mol. The number of nitrogens with zero attached hydrogens (tertiary/aromatic N) is 3. The lowest BCUT2D eigenvalue weighted by molar-refractivity contribution is 0.566. The van der Waals surface area contributed by atoms with Gasteiger partial charge in [0, 0.05) is 12.7 Å². The number of rotatable bonds is 3. The summed E-state index contributed by atoms with van der Waals surface area (Å²) in [5, 5.41) is 4.16. The third kappa shape index (κ3) is 2.19. The molecule has 0 radical (unpaired) electrons. The molecule has 2 rings (SSSR count). The molecule has 82 valence electrons. The summed E-state index contributed by atoms with van der Waals surface area (Å²) >= 11 is 0. The average molecular weight is 229 g/mol. The Hall–Kier alpha value is -1.33. The van der Waals surface area contributed by atoms with Crippen molar-refractivity contribution in [1.82, 2.24) is 14.2 Å². The van der Waals surface area contributed by atoms with Gasteiger partial charge in [-0.25, -0.2) is 9.48 Å². The van der Waals surface area contributed by atoms with Gasteiger partial charge in [-0.1, -0.05) is 6.07 Å². The zero-order chi connectivity index (χ0) is 9.97. The van der Waals surface area contributed by atoms with E-state index in [4.69, 9.17) is 5.73 Å². The first kappa shape index (κ1) is 11.7. The summed E-state index contributed by atoms with van der Waals surface area (Å²) in [6.07, 6.45) is 2.48. The Morgan fingerprint density at radius 1 is 1.40 bits per heavy atom. The molecule has 2 N–H and O–H groups in total. The molecular weight excluding hydrogens is 216 g/mol. The van der Waals surface area contributed by atoms with Crippen LogP contribution in [0.4, 0.5) is 0 Å². The molecule has 2 aromatic heterocycles. The van der Waals surface area contributed by atoms with Gasteiger partial charge in [0.1, 0.15) is 0 Å². The zero-order valence-electron chi connectivity index (χ0n) is 8.17. The third-order valence-electron chi connectivity index (χ3n) is 2.06. The number of halogens is 1. The molecule has 0 bridgehead atoms. The fraction of sp³-hybridized carbons (Fsp3) is 0.333. The molecule has 0 aliphatic heterocycles. The summed E-state index contributed by atoms with van der Waals surface area (Å²) in [5.41, 5.74) is 5.94. The van der Waals surface area contributed by atoms with E-state index in [1.165, 1.54) is 9.08 Å². The van der Waals surface area contributed by atoms with Gasteiger partial charge in [-0.15, -0.1) is 17.5 Å². The zero-order valence-corrected chi connectivity index (χ0v) is 8.98. The Balaban J connectivity index is 0.00000112. The number of aryl methyl sites for hydroxylation is 1. The Morgan fingerprint density at radius 2 is 2.20 bits per heavy atom. The van der Waals surface area contributed by atoms with Crippen molar-refractivity contribution in [2.45, 2.75) is 13.0 Å². The van der Waals surface area contributed by atoms with Crippen LogP contribution in [0.5, 0.6) is 0 Å². The van der Waals surface area contributed by atoms with Crippen LogP contribution in [-0.2, 0) is 6.54 Å². The van der Waals surface area contributed by atoms with E-state index in [1.54, 1.807) is 12.3 Å². The number of nitrogens with two attached hydrogens (primary N) is 1. The number of fused-ring (bicyclic) bond motifs is 1. The molecule has 0 fully saturated rings. The molecule has 0 spiro atoms.